The number of piperidine rings is 2. The van der Waals surface area contributed by atoms with Crippen LogP contribution in [0.3, 0.4) is 0 Å². The Kier molecular flexibility index (Phi) is 3.13. The predicted octanol–water partition coefficient (Wildman–Crippen LogP) is 1.54. The maximum atomic E-state index is 12.3. The van der Waals surface area contributed by atoms with E-state index in [1.165, 1.54) is 17.7 Å². The largest absolute Gasteiger partial charge is 0.311 e. The molecule has 0 aromatic carbocycles. The van der Waals surface area contributed by atoms with Gasteiger partial charge in [0.2, 0.25) is 0 Å². The van der Waals surface area contributed by atoms with Crippen LogP contribution in [0.5, 0.6) is 0 Å². The number of rotatable bonds is 2. The zero-order chi connectivity index (χ0) is 14.6. The van der Waals surface area contributed by atoms with E-state index < -0.39 is 0 Å². The van der Waals surface area contributed by atoms with Crippen molar-refractivity contribution in [2.24, 2.45) is 0 Å². The lowest BCUT2D eigenvalue weighted by molar-refractivity contribution is 0.0663. The maximum Gasteiger partial charge on any atom is 0.259 e. The number of aromatic amines is 1. The number of nitrogens with zero attached hydrogens (tertiary/aromatic N) is 2. The van der Waals surface area contributed by atoms with E-state index in [4.69, 9.17) is 4.98 Å². The minimum absolute atomic E-state index is 0.0112. The quantitative estimate of drug-likeness (QED) is 0.883. The summed E-state index contributed by atoms with van der Waals surface area (Å²) in [6.45, 7) is 6.93. The summed E-state index contributed by atoms with van der Waals surface area (Å²) in [6.07, 6.45) is 2.52. The predicted molar refractivity (Wildman–Crippen MR) is 84.9 cm³/mol. The van der Waals surface area contributed by atoms with Crippen LogP contribution in [0.4, 0.5) is 0 Å². The van der Waals surface area contributed by atoms with Crippen LogP contribution in [0.15, 0.2) is 4.79 Å². The highest BCUT2D eigenvalue weighted by Crippen LogP contribution is 2.27. The molecule has 3 fully saturated rings. The fourth-order valence-corrected chi connectivity index (χ4v) is 4.61. The standard InChI is InChI=1S/C15H20N4OS/c1-8-9(2)21-15-13(8)14(20)17-12(18-15)7-19-6-10-3-4-11(19)5-16-10/h10-11,16H,3-7H2,1-2H3,(H,17,18,20). The molecular formula is C15H20N4OS. The molecule has 0 amide bonds. The Bertz CT molecular complexity index is 742. The van der Waals surface area contributed by atoms with Crippen molar-refractivity contribution in [2.45, 2.75) is 45.3 Å². The van der Waals surface area contributed by atoms with Gasteiger partial charge in [-0.05, 0) is 32.3 Å². The van der Waals surface area contributed by atoms with Gasteiger partial charge in [-0.3, -0.25) is 9.69 Å². The molecule has 2 N–H and O–H groups in total. The van der Waals surface area contributed by atoms with E-state index in [9.17, 15) is 4.79 Å². The second-order valence-corrected chi connectivity index (χ2v) is 7.45. The van der Waals surface area contributed by atoms with Gasteiger partial charge in [-0.15, -0.1) is 11.3 Å². The molecular weight excluding hydrogens is 284 g/mol. The normalized spacial score (nSPS) is 25.8. The van der Waals surface area contributed by atoms with Crippen molar-refractivity contribution >= 4 is 21.6 Å². The molecule has 112 valence electrons. The molecule has 2 unspecified atom stereocenters. The Balaban J connectivity index is 1.67. The van der Waals surface area contributed by atoms with Crippen molar-refractivity contribution < 1.29 is 0 Å². The first-order valence-corrected chi connectivity index (χ1v) is 8.40. The Hall–Kier alpha value is -1.24. The number of piperazine rings is 1. The van der Waals surface area contributed by atoms with Gasteiger partial charge in [0.25, 0.3) is 5.56 Å². The van der Waals surface area contributed by atoms with E-state index in [0.29, 0.717) is 12.1 Å². The number of H-pyrrole nitrogens is 1. The summed E-state index contributed by atoms with van der Waals surface area (Å²) in [5.41, 5.74) is 1.08. The number of fused-ring (bicyclic) bond motifs is 4. The van der Waals surface area contributed by atoms with Crippen LogP contribution in [0.1, 0.15) is 29.1 Å². The zero-order valence-electron chi connectivity index (χ0n) is 12.4. The van der Waals surface area contributed by atoms with Gasteiger partial charge in [-0.1, -0.05) is 0 Å². The van der Waals surface area contributed by atoms with E-state index in [0.717, 1.165) is 41.2 Å². The summed E-state index contributed by atoms with van der Waals surface area (Å²) in [7, 11) is 0. The first-order chi connectivity index (χ1) is 10.1. The van der Waals surface area contributed by atoms with Crippen molar-refractivity contribution in [3.63, 3.8) is 0 Å². The SMILES string of the molecule is Cc1sc2nc(CN3CC4CCC3CN4)[nH]c(=O)c2c1C. The maximum absolute atomic E-state index is 12.3. The molecule has 6 heteroatoms. The number of thiophene rings is 1. The highest BCUT2D eigenvalue weighted by molar-refractivity contribution is 7.18. The van der Waals surface area contributed by atoms with Crippen molar-refractivity contribution in [2.75, 3.05) is 13.1 Å². The van der Waals surface area contributed by atoms with Gasteiger partial charge in [0.1, 0.15) is 10.7 Å². The highest BCUT2D eigenvalue weighted by Gasteiger charge is 2.33. The van der Waals surface area contributed by atoms with E-state index in [1.807, 2.05) is 6.92 Å². The summed E-state index contributed by atoms with van der Waals surface area (Å²) in [5.74, 6) is 0.807. The second-order valence-electron chi connectivity index (χ2n) is 6.24. The third-order valence-electron chi connectivity index (χ3n) is 4.90. The molecule has 5 rings (SSSR count). The van der Waals surface area contributed by atoms with Crippen molar-refractivity contribution in [3.8, 4) is 0 Å². The van der Waals surface area contributed by atoms with Crippen LogP contribution < -0.4 is 10.9 Å². The summed E-state index contributed by atoms with van der Waals surface area (Å²) < 4.78 is 0. The molecule has 0 saturated carbocycles. The van der Waals surface area contributed by atoms with Gasteiger partial charge < -0.3 is 10.3 Å². The van der Waals surface area contributed by atoms with Gasteiger partial charge in [0, 0.05) is 30.1 Å². The van der Waals surface area contributed by atoms with Crippen LogP contribution >= 0.6 is 11.3 Å². The summed E-state index contributed by atoms with van der Waals surface area (Å²) in [4.78, 5) is 24.5. The van der Waals surface area contributed by atoms with Crippen LogP contribution in [-0.4, -0.2) is 40.0 Å². The lowest BCUT2D eigenvalue weighted by Crippen LogP contribution is -2.60. The van der Waals surface area contributed by atoms with Crippen LogP contribution in [0.2, 0.25) is 0 Å². The number of hydrogen-bond acceptors (Lipinski definition) is 5. The monoisotopic (exact) mass is 304 g/mol. The Morgan fingerprint density at radius 3 is 2.90 bits per heavy atom. The van der Waals surface area contributed by atoms with E-state index in [1.54, 1.807) is 11.3 Å². The topological polar surface area (TPSA) is 61.0 Å². The van der Waals surface area contributed by atoms with Gasteiger partial charge in [0.05, 0.1) is 11.9 Å². The van der Waals surface area contributed by atoms with Gasteiger partial charge in [-0.25, -0.2) is 4.98 Å². The van der Waals surface area contributed by atoms with Crippen molar-refractivity contribution in [1.82, 2.24) is 20.2 Å². The average molecular weight is 304 g/mol. The molecule has 0 aliphatic carbocycles. The van der Waals surface area contributed by atoms with Gasteiger partial charge >= 0.3 is 0 Å². The molecule has 0 spiro atoms. The second kappa shape index (κ2) is 4.90. The van der Waals surface area contributed by atoms with Gasteiger partial charge in [-0.2, -0.15) is 0 Å². The molecule has 3 aliphatic rings. The Morgan fingerprint density at radius 1 is 1.38 bits per heavy atom. The number of aryl methyl sites for hydroxylation is 2. The smallest absolute Gasteiger partial charge is 0.259 e. The van der Waals surface area contributed by atoms with Crippen LogP contribution in [0, 0.1) is 13.8 Å². The lowest BCUT2D eigenvalue weighted by Gasteiger charge is -2.45. The van der Waals surface area contributed by atoms with Crippen LogP contribution in [0.25, 0.3) is 10.2 Å². The molecule has 21 heavy (non-hydrogen) atoms. The van der Waals surface area contributed by atoms with Crippen molar-refractivity contribution in [3.05, 3.63) is 26.6 Å². The molecule has 2 atom stereocenters. The van der Waals surface area contributed by atoms with Gasteiger partial charge in [0.15, 0.2) is 0 Å². The molecule has 2 bridgehead atoms. The summed E-state index contributed by atoms with van der Waals surface area (Å²) >= 11 is 1.62. The number of nitrogens with one attached hydrogen (secondary N) is 2. The average Bonchev–Trinajstić information content (AvgIpc) is 2.75. The minimum Gasteiger partial charge on any atom is -0.311 e. The third-order valence-corrected chi connectivity index (χ3v) is 6.00. The summed E-state index contributed by atoms with van der Waals surface area (Å²) in [6, 6.07) is 1.19. The number of hydrogen-bond donors (Lipinski definition) is 2. The van der Waals surface area contributed by atoms with Crippen LogP contribution in [-0.2, 0) is 6.54 Å². The third kappa shape index (κ3) is 2.22. The lowest BCUT2D eigenvalue weighted by atomic mass is 9.93. The zero-order valence-corrected chi connectivity index (χ0v) is 13.2. The molecule has 3 aliphatic heterocycles. The molecule has 3 saturated heterocycles. The first-order valence-electron chi connectivity index (χ1n) is 7.58. The Labute approximate surface area is 127 Å². The van der Waals surface area contributed by atoms with Crippen molar-refractivity contribution in [1.29, 1.82) is 0 Å². The molecule has 5 nitrogen and oxygen atoms in total. The number of aromatic nitrogens is 2. The first kappa shape index (κ1) is 13.4. The van der Waals surface area contributed by atoms with E-state index in [-0.39, 0.29) is 5.56 Å². The fourth-order valence-electron chi connectivity index (χ4n) is 3.56. The molecule has 5 heterocycles. The minimum atomic E-state index is 0.0112. The fraction of sp³-hybridized carbons (Fsp3) is 0.600. The summed E-state index contributed by atoms with van der Waals surface area (Å²) in [5, 5.41) is 4.32. The highest BCUT2D eigenvalue weighted by atomic mass is 32.1. The van der Waals surface area contributed by atoms with E-state index >= 15 is 0 Å². The Morgan fingerprint density at radius 2 is 2.24 bits per heavy atom. The molecule has 2 aromatic rings. The van der Waals surface area contributed by atoms with E-state index in [2.05, 4.69) is 22.1 Å². The molecule has 0 radical (unpaired) electrons. The molecule has 2 aromatic heterocycles.